The average Bonchev–Trinajstić information content (AvgIpc) is 2.93. The Labute approximate surface area is 224 Å². The smallest absolute Gasteiger partial charge is 0.198 e. The van der Waals surface area contributed by atoms with Crippen LogP contribution in [0.15, 0.2) is 54.6 Å². The molecular formula is C32H37NO5. The predicted octanol–water partition coefficient (Wildman–Crippen LogP) is 7.84. The third kappa shape index (κ3) is 6.36. The summed E-state index contributed by atoms with van der Waals surface area (Å²) in [6.07, 6.45) is 12.8. The van der Waals surface area contributed by atoms with Crippen molar-refractivity contribution in [3.63, 3.8) is 0 Å². The molecule has 0 bridgehead atoms. The number of ketones is 2. The third-order valence-corrected chi connectivity index (χ3v) is 7.00. The molecule has 6 heteroatoms. The Morgan fingerprint density at radius 1 is 0.711 bits per heavy atom. The molecule has 4 rings (SSSR count). The van der Waals surface area contributed by atoms with Crippen LogP contribution >= 0.6 is 0 Å². The van der Waals surface area contributed by atoms with Crippen LogP contribution in [0.1, 0.15) is 103 Å². The van der Waals surface area contributed by atoms with Crippen molar-refractivity contribution in [2.75, 3.05) is 12.3 Å². The molecule has 3 N–H and O–H groups in total. The number of ether oxygens (including phenoxy) is 2. The van der Waals surface area contributed by atoms with Gasteiger partial charge in [0, 0.05) is 17.2 Å². The van der Waals surface area contributed by atoms with E-state index in [2.05, 4.69) is 6.92 Å². The topological polar surface area (TPSA) is 98.8 Å². The van der Waals surface area contributed by atoms with Gasteiger partial charge in [-0.1, -0.05) is 89.0 Å². The molecule has 0 fully saturated rings. The standard InChI is InChI=1S/C32H37NO5/c1-2-3-4-5-6-7-8-9-10-13-20-37-22-16-18-23(19-17-22)38-27-21-26(34)28-29(30(27)33)32(36)25-15-12-11-14-24(25)31(28)35/h11-12,14-19,21,34H,2-10,13,20,33H2,1H3. The number of unbranched alkanes of at least 4 members (excludes halogenated alkanes) is 9. The number of carbonyl (C=O) groups excluding carboxylic acids is 2. The van der Waals surface area contributed by atoms with E-state index in [1.165, 1.54) is 63.9 Å². The highest BCUT2D eigenvalue weighted by Crippen LogP contribution is 2.42. The Morgan fingerprint density at radius 2 is 1.24 bits per heavy atom. The number of hydrogen-bond donors (Lipinski definition) is 2. The first-order valence-electron chi connectivity index (χ1n) is 13.8. The van der Waals surface area contributed by atoms with Gasteiger partial charge in [0.05, 0.1) is 23.4 Å². The van der Waals surface area contributed by atoms with Crippen LogP contribution in [0.25, 0.3) is 0 Å². The number of phenols is 1. The largest absolute Gasteiger partial charge is 0.507 e. The summed E-state index contributed by atoms with van der Waals surface area (Å²) in [6, 6.07) is 14.9. The molecule has 6 nitrogen and oxygen atoms in total. The zero-order valence-electron chi connectivity index (χ0n) is 22.1. The number of aromatic hydroxyl groups is 1. The molecule has 0 unspecified atom stereocenters. The number of carbonyl (C=O) groups is 2. The molecule has 200 valence electrons. The maximum atomic E-state index is 13.1. The first-order chi connectivity index (χ1) is 18.5. The SMILES string of the molecule is CCCCCCCCCCCCOc1ccc(Oc2cc(O)c3c(c2N)C(=O)c2ccccc2C3=O)cc1. The van der Waals surface area contributed by atoms with Gasteiger partial charge in [0.2, 0.25) is 0 Å². The second-order valence-corrected chi connectivity index (χ2v) is 9.87. The summed E-state index contributed by atoms with van der Waals surface area (Å²) < 4.78 is 11.7. The molecule has 0 aliphatic heterocycles. The number of hydrogen-bond acceptors (Lipinski definition) is 6. The van der Waals surface area contributed by atoms with Crippen molar-refractivity contribution in [2.24, 2.45) is 0 Å². The van der Waals surface area contributed by atoms with Crippen LogP contribution in [0.3, 0.4) is 0 Å². The zero-order chi connectivity index (χ0) is 26.9. The van der Waals surface area contributed by atoms with E-state index in [9.17, 15) is 14.7 Å². The molecule has 0 heterocycles. The quantitative estimate of drug-likeness (QED) is 0.101. The van der Waals surface area contributed by atoms with Crippen LogP contribution in [0.5, 0.6) is 23.0 Å². The highest BCUT2D eigenvalue weighted by molar-refractivity contribution is 6.31. The summed E-state index contributed by atoms with van der Waals surface area (Å²) in [5.41, 5.74) is 6.70. The van der Waals surface area contributed by atoms with Crippen molar-refractivity contribution in [3.05, 3.63) is 76.9 Å². The molecule has 0 atom stereocenters. The van der Waals surface area contributed by atoms with Crippen LogP contribution < -0.4 is 15.2 Å². The second kappa shape index (κ2) is 13.1. The van der Waals surface area contributed by atoms with Gasteiger partial charge in [-0.25, -0.2) is 0 Å². The molecule has 38 heavy (non-hydrogen) atoms. The normalized spacial score (nSPS) is 12.2. The summed E-state index contributed by atoms with van der Waals surface area (Å²) in [6.45, 7) is 2.91. The minimum absolute atomic E-state index is 0.0203. The van der Waals surface area contributed by atoms with Gasteiger partial charge in [-0.3, -0.25) is 9.59 Å². The Balaban J connectivity index is 1.29. The lowest BCUT2D eigenvalue weighted by Gasteiger charge is -2.21. The fourth-order valence-electron chi connectivity index (χ4n) is 4.87. The first kappa shape index (κ1) is 27.2. The molecule has 3 aromatic rings. The van der Waals surface area contributed by atoms with Crippen molar-refractivity contribution >= 4 is 17.3 Å². The molecule has 0 saturated heterocycles. The van der Waals surface area contributed by atoms with E-state index >= 15 is 0 Å². The summed E-state index contributed by atoms with van der Waals surface area (Å²) in [7, 11) is 0. The first-order valence-corrected chi connectivity index (χ1v) is 13.8. The van der Waals surface area contributed by atoms with Gasteiger partial charge in [-0.05, 0) is 30.7 Å². The molecule has 0 radical (unpaired) electrons. The van der Waals surface area contributed by atoms with Crippen LogP contribution in [0, 0.1) is 0 Å². The monoisotopic (exact) mass is 515 g/mol. The van der Waals surface area contributed by atoms with Gasteiger partial charge < -0.3 is 20.3 Å². The lowest BCUT2D eigenvalue weighted by Crippen LogP contribution is -2.22. The van der Waals surface area contributed by atoms with Gasteiger partial charge in [0.25, 0.3) is 0 Å². The Bertz CT molecular complexity index is 1270. The zero-order valence-corrected chi connectivity index (χ0v) is 22.1. The highest BCUT2D eigenvalue weighted by atomic mass is 16.5. The number of phenolic OH excluding ortho intramolecular Hbond substituents is 1. The van der Waals surface area contributed by atoms with E-state index in [-0.39, 0.29) is 39.4 Å². The van der Waals surface area contributed by atoms with Gasteiger partial charge in [0.1, 0.15) is 17.2 Å². The van der Waals surface area contributed by atoms with Crippen molar-refractivity contribution < 1.29 is 24.2 Å². The predicted molar refractivity (Wildman–Crippen MR) is 150 cm³/mol. The minimum atomic E-state index is -0.435. The third-order valence-electron chi connectivity index (χ3n) is 7.00. The Kier molecular flexibility index (Phi) is 9.41. The van der Waals surface area contributed by atoms with E-state index in [1.54, 1.807) is 36.4 Å². The van der Waals surface area contributed by atoms with E-state index < -0.39 is 11.6 Å². The highest BCUT2D eigenvalue weighted by Gasteiger charge is 2.35. The second-order valence-electron chi connectivity index (χ2n) is 9.87. The van der Waals surface area contributed by atoms with Gasteiger partial charge in [-0.2, -0.15) is 0 Å². The number of nitrogens with two attached hydrogens (primary N) is 1. The van der Waals surface area contributed by atoms with Crippen LogP contribution in [-0.2, 0) is 0 Å². The van der Waals surface area contributed by atoms with Crippen molar-refractivity contribution in [3.8, 4) is 23.0 Å². The fraction of sp³-hybridized carbons (Fsp3) is 0.375. The van der Waals surface area contributed by atoms with Gasteiger partial charge in [-0.15, -0.1) is 0 Å². The lowest BCUT2D eigenvalue weighted by molar-refractivity contribution is 0.0977. The molecule has 1 aliphatic rings. The minimum Gasteiger partial charge on any atom is -0.507 e. The molecule has 1 aliphatic carbocycles. The molecule has 0 saturated carbocycles. The number of anilines is 1. The number of fused-ring (bicyclic) bond motifs is 2. The van der Waals surface area contributed by atoms with Crippen molar-refractivity contribution in [1.82, 2.24) is 0 Å². The van der Waals surface area contributed by atoms with Gasteiger partial charge >= 0.3 is 0 Å². The van der Waals surface area contributed by atoms with Crippen LogP contribution in [-0.4, -0.2) is 23.3 Å². The van der Waals surface area contributed by atoms with E-state index in [0.29, 0.717) is 12.4 Å². The van der Waals surface area contributed by atoms with Crippen LogP contribution in [0.2, 0.25) is 0 Å². The summed E-state index contributed by atoms with van der Waals surface area (Å²) in [5, 5.41) is 10.6. The average molecular weight is 516 g/mol. The van der Waals surface area contributed by atoms with E-state index in [1.807, 2.05) is 12.1 Å². The van der Waals surface area contributed by atoms with E-state index in [0.717, 1.165) is 12.2 Å². The maximum Gasteiger partial charge on any atom is 0.198 e. The van der Waals surface area contributed by atoms with Crippen molar-refractivity contribution in [2.45, 2.75) is 71.1 Å². The lowest BCUT2D eigenvalue weighted by atomic mass is 9.82. The van der Waals surface area contributed by atoms with Crippen molar-refractivity contribution in [1.29, 1.82) is 0 Å². The number of nitrogen functional groups attached to an aromatic ring is 1. The van der Waals surface area contributed by atoms with E-state index in [4.69, 9.17) is 15.2 Å². The Morgan fingerprint density at radius 3 is 1.84 bits per heavy atom. The summed E-state index contributed by atoms with van der Waals surface area (Å²) in [5.74, 6) is 0.137. The molecule has 3 aromatic carbocycles. The van der Waals surface area contributed by atoms with Crippen LogP contribution in [0.4, 0.5) is 5.69 Å². The number of benzene rings is 3. The summed E-state index contributed by atoms with van der Waals surface area (Å²) >= 11 is 0. The molecule has 0 aromatic heterocycles. The number of rotatable bonds is 14. The van der Waals surface area contributed by atoms with Gasteiger partial charge in [0.15, 0.2) is 17.3 Å². The summed E-state index contributed by atoms with van der Waals surface area (Å²) in [4.78, 5) is 26.0. The Hall–Kier alpha value is -3.80. The molecular weight excluding hydrogens is 478 g/mol. The molecule has 0 spiro atoms. The molecule has 0 amide bonds. The fourth-order valence-corrected chi connectivity index (χ4v) is 4.87. The maximum absolute atomic E-state index is 13.1.